The van der Waals surface area contributed by atoms with E-state index in [0.717, 1.165) is 28.3 Å². The zero-order chi connectivity index (χ0) is 12.7. The first kappa shape index (κ1) is 11.0. The van der Waals surface area contributed by atoms with Gasteiger partial charge < -0.3 is 4.42 Å². The van der Waals surface area contributed by atoms with Gasteiger partial charge in [-0.2, -0.15) is 0 Å². The molecule has 0 aliphatic heterocycles. The van der Waals surface area contributed by atoms with Gasteiger partial charge in [-0.25, -0.2) is 4.98 Å². The van der Waals surface area contributed by atoms with Crippen LogP contribution >= 0.6 is 0 Å². The molecule has 2 heterocycles. The first-order chi connectivity index (χ1) is 8.65. The van der Waals surface area contributed by atoms with Gasteiger partial charge in [0.2, 0.25) is 0 Å². The van der Waals surface area contributed by atoms with E-state index in [2.05, 4.69) is 19.1 Å². The van der Waals surface area contributed by atoms with Gasteiger partial charge in [-0.3, -0.25) is 0 Å². The molecule has 0 saturated carbocycles. The SMILES string of the molecule is Cc1cc(-c2cc(C)c3ccccc3n2)c(C)o1. The average Bonchev–Trinajstić information content (AvgIpc) is 2.68. The maximum absolute atomic E-state index is 5.58. The van der Waals surface area contributed by atoms with Gasteiger partial charge in [0.25, 0.3) is 0 Å². The molecule has 90 valence electrons. The quantitative estimate of drug-likeness (QED) is 0.626. The number of para-hydroxylation sites is 1. The topological polar surface area (TPSA) is 26.0 Å². The van der Waals surface area contributed by atoms with Crippen LogP contribution in [0.25, 0.3) is 22.2 Å². The van der Waals surface area contributed by atoms with E-state index in [1.165, 1.54) is 10.9 Å². The molecule has 0 unspecified atom stereocenters. The molecule has 0 saturated heterocycles. The molecule has 0 N–H and O–H groups in total. The van der Waals surface area contributed by atoms with Crippen LogP contribution < -0.4 is 0 Å². The third-order valence-electron chi connectivity index (χ3n) is 3.24. The van der Waals surface area contributed by atoms with Gasteiger partial charge in [0.1, 0.15) is 11.5 Å². The highest BCUT2D eigenvalue weighted by molar-refractivity contribution is 5.85. The predicted octanol–water partition coefficient (Wildman–Crippen LogP) is 4.42. The maximum Gasteiger partial charge on any atom is 0.110 e. The molecule has 0 aliphatic rings. The number of aryl methyl sites for hydroxylation is 3. The van der Waals surface area contributed by atoms with Crippen LogP contribution in [0.15, 0.2) is 40.8 Å². The summed E-state index contributed by atoms with van der Waals surface area (Å²) >= 11 is 0. The summed E-state index contributed by atoms with van der Waals surface area (Å²) in [6.45, 7) is 6.06. The van der Waals surface area contributed by atoms with Gasteiger partial charge in [-0.05, 0) is 44.5 Å². The number of nitrogens with zero attached hydrogens (tertiary/aromatic N) is 1. The zero-order valence-corrected chi connectivity index (χ0v) is 10.8. The lowest BCUT2D eigenvalue weighted by Gasteiger charge is -2.05. The normalized spacial score (nSPS) is 11.1. The number of hydrogen-bond acceptors (Lipinski definition) is 2. The first-order valence-corrected chi connectivity index (χ1v) is 6.09. The minimum absolute atomic E-state index is 0.926. The first-order valence-electron chi connectivity index (χ1n) is 6.09. The lowest BCUT2D eigenvalue weighted by molar-refractivity contribution is 0.505. The standard InChI is InChI=1S/C16H15NO/c1-10-8-16(14-9-11(2)18-12(14)3)17-15-7-5-4-6-13(10)15/h4-9H,1-3H3. The molecule has 0 amide bonds. The monoisotopic (exact) mass is 237 g/mol. The van der Waals surface area contributed by atoms with E-state index < -0.39 is 0 Å². The second-order valence-corrected chi connectivity index (χ2v) is 4.67. The molecule has 0 aliphatic carbocycles. The molecule has 0 bridgehead atoms. The Balaban J connectivity index is 2.27. The molecule has 2 nitrogen and oxygen atoms in total. The van der Waals surface area contributed by atoms with Crippen LogP contribution in [0.3, 0.4) is 0 Å². The molecular formula is C16H15NO. The Bertz CT molecular complexity index is 725. The lowest BCUT2D eigenvalue weighted by Crippen LogP contribution is -1.88. The van der Waals surface area contributed by atoms with Gasteiger partial charge in [-0.1, -0.05) is 18.2 Å². The number of aromatic nitrogens is 1. The smallest absolute Gasteiger partial charge is 0.110 e. The summed E-state index contributed by atoms with van der Waals surface area (Å²) in [5.41, 5.74) is 4.35. The molecule has 0 atom stereocenters. The Morgan fingerprint density at radius 3 is 2.50 bits per heavy atom. The lowest BCUT2D eigenvalue weighted by atomic mass is 10.1. The molecule has 18 heavy (non-hydrogen) atoms. The highest BCUT2D eigenvalue weighted by atomic mass is 16.3. The van der Waals surface area contributed by atoms with E-state index in [1.54, 1.807) is 0 Å². The van der Waals surface area contributed by atoms with Crippen molar-refractivity contribution in [3.63, 3.8) is 0 Å². The van der Waals surface area contributed by atoms with Crippen LogP contribution in [0.5, 0.6) is 0 Å². The predicted molar refractivity (Wildman–Crippen MR) is 73.7 cm³/mol. The molecule has 1 aromatic carbocycles. The van der Waals surface area contributed by atoms with E-state index >= 15 is 0 Å². The van der Waals surface area contributed by atoms with Gasteiger partial charge in [0, 0.05) is 10.9 Å². The van der Waals surface area contributed by atoms with Gasteiger partial charge in [0.15, 0.2) is 0 Å². The second-order valence-electron chi connectivity index (χ2n) is 4.67. The summed E-state index contributed by atoms with van der Waals surface area (Å²) in [5, 5.41) is 1.21. The van der Waals surface area contributed by atoms with E-state index in [4.69, 9.17) is 9.40 Å². The summed E-state index contributed by atoms with van der Waals surface area (Å²) in [6.07, 6.45) is 0. The molecule has 3 aromatic rings. The maximum atomic E-state index is 5.58. The van der Waals surface area contributed by atoms with Crippen LogP contribution in [0, 0.1) is 20.8 Å². The van der Waals surface area contributed by atoms with Crippen LogP contribution in [-0.4, -0.2) is 4.98 Å². The van der Waals surface area contributed by atoms with Gasteiger partial charge in [-0.15, -0.1) is 0 Å². The Morgan fingerprint density at radius 1 is 1.00 bits per heavy atom. The van der Waals surface area contributed by atoms with Crippen molar-refractivity contribution in [2.75, 3.05) is 0 Å². The fourth-order valence-corrected chi connectivity index (χ4v) is 2.37. The molecule has 0 spiro atoms. The summed E-state index contributed by atoms with van der Waals surface area (Å²) in [6, 6.07) is 12.4. The van der Waals surface area contributed by atoms with Gasteiger partial charge in [0.05, 0.1) is 11.2 Å². The van der Waals surface area contributed by atoms with E-state index in [1.807, 2.05) is 38.1 Å². The molecule has 0 fully saturated rings. The van der Waals surface area contributed by atoms with Crippen molar-refractivity contribution >= 4 is 10.9 Å². The third-order valence-corrected chi connectivity index (χ3v) is 3.24. The number of benzene rings is 1. The minimum atomic E-state index is 0.926. The Labute approximate surface area is 106 Å². The number of furan rings is 1. The Morgan fingerprint density at radius 2 is 1.78 bits per heavy atom. The van der Waals surface area contributed by atoms with Crippen LogP contribution in [0.2, 0.25) is 0 Å². The van der Waals surface area contributed by atoms with Crippen molar-refractivity contribution in [1.29, 1.82) is 0 Å². The van der Waals surface area contributed by atoms with E-state index in [0.29, 0.717) is 0 Å². The molecule has 0 radical (unpaired) electrons. The summed E-state index contributed by atoms with van der Waals surface area (Å²) in [7, 11) is 0. The second kappa shape index (κ2) is 3.98. The van der Waals surface area contributed by atoms with Crippen LogP contribution in [-0.2, 0) is 0 Å². The number of hydrogen-bond donors (Lipinski definition) is 0. The van der Waals surface area contributed by atoms with Crippen molar-refractivity contribution in [2.24, 2.45) is 0 Å². The Hall–Kier alpha value is -2.09. The largest absolute Gasteiger partial charge is 0.466 e. The third kappa shape index (κ3) is 1.70. The number of pyridine rings is 1. The number of fused-ring (bicyclic) bond motifs is 1. The average molecular weight is 237 g/mol. The summed E-state index contributed by atoms with van der Waals surface area (Å²) in [5.74, 6) is 1.85. The fourth-order valence-electron chi connectivity index (χ4n) is 2.37. The zero-order valence-electron chi connectivity index (χ0n) is 10.8. The number of rotatable bonds is 1. The molecule has 2 heteroatoms. The van der Waals surface area contributed by atoms with Crippen LogP contribution in [0.4, 0.5) is 0 Å². The fraction of sp³-hybridized carbons (Fsp3) is 0.188. The molecular weight excluding hydrogens is 222 g/mol. The van der Waals surface area contributed by atoms with Crippen molar-refractivity contribution in [3.8, 4) is 11.3 Å². The van der Waals surface area contributed by atoms with Crippen molar-refractivity contribution < 1.29 is 4.42 Å². The molecule has 3 rings (SSSR count). The van der Waals surface area contributed by atoms with Crippen LogP contribution in [0.1, 0.15) is 17.1 Å². The Kier molecular flexibility index (Phi) is 2.44. The minimum Gasteiger partial charge on any atom is -0.466 e. The van der Waals surface area contributed by atoms with Gasteiger partial charge >= 0.3 is 0 Å². The van der Waals surface area contributed by atoms with Crippen molar-refractivity contribution in [1.82, 2.24) is 4.98 Å². The molecule has 2 aromatic heterocycles. The highest BCUT2D eigenvalue weighted by Gasteiger charge is 2.10. The van der Waals surface area contributed by atoms with Crippen molar-refractivity contribution in [3.05, 3.63) is 53.5 Å². The van der Waals surface area contributed by atoms with E-state index in [-0.39, 0.29) is 0 Å². The van der Waals surface area contributed by atoms with E-state index in [9.17, 15) is 0 Å². The van der Waals surface area contributed by atoms with Crippen molar-refractivity contribution in [2.45, 2.75) is 20.8 Å². The summed E-state index contributed by atoms with van der Waals surface area (Å²) < 4.78 is 5.58. The highest BCUT2D eigenvalue weighted by Crippen LogP contribution is 2.28. The summed E-state index contributed by atoms with van der Waals surface area (Å²) in [4.78, 5) is 4.72.